The molecule has 3 nitrogen and oxygen atoms in total. The lowest BCUT2D eigenvalue weighted by atomic mass is 9.80. The molecule has 23 heavy (non-hydrogen) atoms. The zero-order chi connectivity index (χ0) is 15.7. The van der Waals surface area contributed by atoms with Gasteiger partial charge in [0.15, 0.2) is 0 Å². The Morgan fingerprint density at radius 3 is 2.26 bits per heavy atom. The minimum absolute atomic E-state index is 0.168. The largest absolute Gasteiger partial charge is 0.390 e. The first-order chi connectivity index (χ1) is 11.1. The maximum atomic E-state index is 10.5. The van der Waals surface area contributed by atoms with Crippen LogP contribution in [-0.4, -0.2) is 21.4 Å². The minimum Gasteiger partial charge on any atom is -0.390 e. The molecule has 0 spiro atoms. The Balaban J connectivity index is 2.03. The van der Waals surface area contributed by atoms with E-state index in [0.717, 1.165) is 32.5 Å². The van der Waals surface area contributed by atoms with Gasteiger partial charge in [0.05, 0.1) is 12.2 Å². The highest BCUT2D eigenvalue weighted by Crippen LogP contribution is 2.45. The number of aliphatic hydroxyl groups is 3. The van der Waals surface area contributed by atoms with Gasteiger partial charge in [-0.15, -0.1) is 0 Å². The Morgan fingerprint density at radius 2 is 1.48 bits per heavy atom. The Kier molecular flexibility index (Phi) is 2.55. The van der Waals surface area contributed by atoms with E-state index in [4.69, 9.17) is 0 Å². The average molecular weight is 304 g/mol. The number of rotatable bonds is 0. The van der Waals surface area contributed by atoms with Gasteiger partial charge in [0.1, 0.15) is 6.10 Å². The van der Waals surface area contributed by atoms with Gasteiger partial charge in [0.25, 0.3) is 0 Å². The number of benzene rings is 4. The van der Waals surface area contributed by atoms with E-state index in [1.54, 1.807) is 0 Å². The van der Waals surface area contributed by atoms with E-state index in [1.807, 2.05) is 24.3 Å². The van der Waals surface area contributed by atoms with Crippen LogP contribution in [0.15, 0.2) is 48.5 Å². The maximum absolute atomic E-state index is 10.5. The number of hydrogen-bond acceptors (Lipinski definition) is 3. The van der Waals surface area contributed by atoms with Crippen molar-refractivity contribution < 1.29 is 15.3 Å². The first-order valence-corrected chi connectivity index (χ1v) is 7.89. The van der Waals surface area contributed by atoms with Crippen LogP contribution in [0.25, 0.3) is 32.3 Å². The summed E-state index contributed by atoms with van der Waals surface area (Å²) in [5.41, 5.74) is 1.40. The van der Waals surface area contributed by atoms with Crippen LogP contribution in [0.4, 0.5) is 0 Å². The second kappa shape index (κ2) is 4.42. The van der Waals surface area contributed by atoms with Crippen molar-refractivity contribution in [3.63, 3.8) is 0 Å². The van der Waals surface area contributed by atoms with Crippen LogP contribution < -0.4 is 0 Å². The molecule has 3 N–H and O–H groups in total. The van der Waals surface area contributed by atoms with Crippen molar-refractivity contribution in [3.05, 3.63) is 59.7 Å². The molecule has 0 aliphatic heterocycles. The molecule has 0 saturated carbocycles. The lowest BCUT2D eigenvalue weighted by molar-refractivity contribution is -0.0278. The van der Waals surface area contributed by atoms with E-state index in [9.17, 15) is 15.3 Å². The molecule has 3 atom stereocenters. The molecule has 0 aromatic heterocycles. The third-order valence-corrected chi connectivity index (χ3v) is 5.21. The highest BCUT2D eigenvalue weighted by Gasteiger charge is 2.34. The van der Waals surface area contributed by atoms with Crippen LogP contribution in [-0.2, 0) is 0 Å². The predicted octanol–water partition coefficient (Wildman–Crippen LogP) is 3.42. The van der Waals surface area contributed by atoms with Gasteiger partial charge in [-0.05, 0) is 49.5 Å². The standard InChI is InChI=1S/C20H16O3/c21-15-9-16(22)20(23)19-13-7-6-11-3-1-2-10-4-5-12(8-14(15)19)18(13)17(10)11/h1-8,15-16,20-23H,9H2/t15-,16+,20-/m0/s1. The zero-order valence-electron chi connectivity index (χ0n) is 12.4. The molecular formula is C20H16O3. The molecule has 4 aromatic rings. The first-order valence-electron chi connectivity index (χ1n) is 7.89. The van der Waals surface area contributed by atoms with Crippen molar-refractivity contribution in [2.24, 2.45) is 0 Å². The molecule has 0 unspecified atom stereocenters. The summed E-state index contributed by atoms with van der Waals surface area (Å²) >= 11 is 0. The van der Waals surface area contributed by atoms with Crippen molar-refractivity contribution >= 4 is 32.3 Å². The Hall–Kier alpha value is -2.20. The fourth-order valence-corrected chi connectivity index (χ4v) is 4.14. The van der Waals surface area contributed by atoms with Crippen LogP contribution in [0.1, 0.15) is 29.8 Å². The quantitative estimate of drug-likeness (QED) is 0.436. The molecule has 0 fully saturated rings. The third kappa shape index (κ3) is 1.64. The van der Waals surface area contributed by atoms with Crippen LogP contribution >= 0.6 is 0 Å². The van der Waals surface area contributed by atoms with Gasteiger partial charge >= 0.3 is 0 Å². The van der Waals surface area contributed by atoms with Crippen molar-refractivity contribution in [2.75, 3.05) is 0 Å². The smallest absolute Gasteiger partial charge is 0.106 e. The van der Waals surface area contributed by atoms with E-state index in [-0.39, 0.29) is 6.42 Å². The number of hydrogen-bond donors (Lipinski definition) is 3. The number of aliphatic hydroxyl groups excluding tert-OH is 3. The molecule has 0 heterocycles. The van der Waals surface area contributed by atoms with E-state index in [2.05, 4.69) is 24.3 Å². The average Bonchev–Trinajstić information content (AvgIpc) is 2.57. The van der Waals surface area contributed by atoms with E-state index in [1.165, 1.54) is 5.39 Å². The Labute approximate surface area is 132 Å². The fraction of sp³-hybridized carbons (Fsp3) is 0.200. The van der Waals surface area contributed by atoms with Crippen molar-refractivity contribution in [2.45, 2.75) is 24.7 Å². The van der Waals surface area contributed by atoms with Crippen molar-refractivity contribution in [1.29, 1.82) is 0 Å². The zero-order valence-corrected chi connectivity index (χ0v) is 12.4. The topological polar surface area (TPSA) is 60.7 Å². The summed E-state index contributed by atoms with van der Waals surface area (Å²) in [6.07, 6.45) is -2.47. The lowest BCUT2D eigenvalue weighted by Gasteiger charge is -2.32. The molecule has 0 bridgehead atoms. The monoisotopic (exact) mass is 304 g/mol. The summed E-state index contributed by atoms with van der Waals surface area (Å²) in [5, 5.41) is 37.5. The summed E-state index contributed by atoms with van der Waals surface area (Å²) in [7, 11) is 0. The van der Waals surface area contributed by atoms with Gasteiger partial charge in [-0.25, -0.2) is 0 Å². The highest BCUT2D eigenvalue weighted by molar-refractivity contribution is 6.23. The summed E-state index contributed by atoms with van der Waals surface area (Å²) < 4.78 is 0. The van der Waals surface area contributed by atoms with Crippen molar-refractivity contribution in [1.82, 2.24) is 0 Å². The van der Waals surface area contributed by atoms with Gasteiger partial charge in [0.2, 0.25) is 0 Å². The molecule has 0 saturated heterocycles. The van der Waals surface area contributed by atoms with E-state index >= 15 is 0 Å². The molecule has 3 heteroatoms. The first kappa shape index (κ1) is 13.3. The van der Waals surface area contributed by atoms with Gasteiger partial charge in [-0.1, -0.05) is 42.5 Å². The van der Waals surface area contributed by atoms with Crippen LogP contribution in [0, 0.1) is 0 Å². The Morgan fingerprint density at radius 1 is 0.783 bits per heavy atom. The van der Waals surface area contributed by atoms with Gasteiger partial charge in [0, 0.05) is 6.42 Å². The maximum Gasteiger partial charge on any atom is 0.106 e. The summed E-state index contributed by atoms with van der Waals surface area (Å²) in [5.74, 6) is 0. The normalized spacial score (nSPS) is 24.6. The molecule has 0 radical (unpaired) electrons. The lowest BCUT2D eigenvalue weighted by Crippen LogP contribution is -2.28. The minimum atomic E-state index is -0.960. The van der Waals surface area contributed by atoms with E-state index < -0.39 is 18.3 Å². The van der Waals surface area contributed by atoms with Gasteiger partial charge < -0.3 is 15.3 Å². The third-order valence-electron chi connectivity index (χ3n) is 5.21. The summed E-state index contributed by atoms with van der Waals surface area (Å²) in [6.45, 7) is 0. The fourth-order valence-electron chi connectivity index (χ4n) is 4.14. The summed E-state index contributed by atoms with van der Waals surface area (Å²) in [4.78, 5) is 0. The molecule has 114 valence electrons. The SMILES string of the molecule is O[C@@H]1C[C@H](O)c2cc3ccc4cccc5ccc(c2[C@H]1O)c3c45. The molecule has 5 rings (SSSR count). The second-order valence-corrected chi connectivity index (χ2v) is 6.50. The van der Waals surface area contributed by atoms with Gasteiger partial charge in [-0.2, -0.15) is 0 Å². The Bertz CT molecular complexity index is 1040. The predicted molar refractivity (Wildman–Crippen MR) is 90.7 cm³/mol. The number of fused-ring (bicyclic) bond motifs is 2. The van der Waals surface area contributed by atoms with Crippen molar-refractivity contribution in [3.8, 4) is 0 Å². The second-order valence-electron chi connectivity index (χ2n) is 6.50. The molecule has 0 amide bonds. The van der Waals surface area contributed by atoms with Gasteiger partial charge in [-0.3, -0.25) is 0 Å². The molecule has 1 aliphatic carbocycles. The molecule has 1 aliphatic rings. The van der Waals surface area contributed by atoms with Crippen LogP contribution in [0.3, 0.4) is 0 Å². The molecule has 4 aromatic carbocycles. The van der Waals surface area contributed by atoms with Crippen LogP contribution in [0.5, 0.6) is 0 Å². The van der Waals surface area contributed by atoms with Crippen LogP contribution in [0.2, 0.25) is 0 Å². The summed E-state index contributed by atoms with van der Waals surface area (Å²) in [6, 6.07) is 16.4. The van der Waals surface area contributed by atoms with E-state index in [0.29, 0.717) is 5.56 Å². The molecular weight excluding hydrogens is 288 g/mol. The highest BCUT2D eigenvalue weighted by atomic mass is 16.3.